The maximum atomic E-state index is 13.3. The fraction of sp³-hybridized carbons (Fsp3) is 0.219. The molecule has 3 N–H and O–H groups in total. The van der Waals surface area contributed by atoms with Crippen LogP contribution in [0.25, 0.3) is 28.2 Å². The standard InChI is InChI=1S/C32H34N10O2/c1-40(2)14-15-41(3)29-18-30(44-5)27(17-26(29)36-31(43)21(19-33)16-22-10-13-35-39-22)38-32-34-12-11-25(37-32)24-20-42(4)28-9-7-6-8-23(24)28/h6-13,16-18,20H,14-15H2,1-5H3,(H,35,39)(H,36,43)(H,34,37,38). The van der Waals surface area contributed by atoms with Crippen LogP contribution in [0.5, 0.6) is 5.75 Å². The summed E-state index contributed by atoms with van der Waals surface area (Å²) in [5.74, 6) is 0.327. The van der Waals surface area contributed by atoms with Crippen LogP contribution >= 0.6 is 0 Å². The first-order chi connectivity index (χ1) is 21.3. The van der Waals surface area contributed by atoms with Crippen LogP contribution in [0.15, 0.2) is 72.7 Å². The predicted molar refractivity (Wildman–Crippen MR) is 173 cm³/mol. The molecule has 0 radical (unpaired) electrons. The van der Waals surface area contributed by atoms with Crippen LogP contribution < -0.4 is 20.3 Å². The molecule has 44 heavy (non-hydrogen) atoms. The largest absolute Gasteiger partial charge is 0.494 e. The van der Waals surface area contributed by atoms with E-state index in [-0.39, 0.29) is 5.57 Å². The average Bonchev–Trinajstić information content (AvgIpc) is 3.66. The molecule has 0 saturated carbocycles. The van der Waals surface area contributed by atoms with Crippen molar-refractivity contribution in [3.8, 4) is 23.1 Å². The third kappa shape index (κ3) is 6.53. The Kier molecular flexibility index (Phi) is 8.87. The minimum Gasteiger partial charge on any atom is -0.494 e. The highest BCUT2D eigenvalue weighted by Gasteiger charge is 2.19. The van der Waals surface area contributed by atoms with Crippen molar-refractivity contribution in [3.63, 3.8) is 0 Å². The molecule has 5 aromatic rings. The lowest BCUT2D eigenvalue weighted by Crippen LogP contribution is -2.29. The van der Waals surface area contributed by atoms with Gasteiger partial charge >= 0.3 is 0 Å². The average molecular weight is 591 g/mol. The Morgan fingerprint density at radius 3 is 2.66 bits per heavy atom. The van der Waals surface area contributed by atoms with E-state index in [1.54, 1.807) is 31.6 Å². The predicted octanol–water partition coefficient (Wildman–Crippen LogP) is 4.65. The first kappa shape index (κ1) is 29.8. The maximum Gasteiger partial charge on any atom is 0.266 e. The number of ether oxygens (including phenoxy) is 1. The maximum absolute atomic E-state index is 13.3. The number of nitrogens with one attached hydrogen (secondary N) is 3. The summed E-state index contributed by atoms with van der Waals surface area (Å²) in [4.78, 5) is 26.6. The number of aromatic nitrogens is 5. The number of methoxy groups -OCH3 is 1. The first-order valence-electron chi connectivity index (χ1n) is 13.9. The monoisotopic (exact) mass is 590 g/mol. The second kappa shape index (κ2) is 13.1. The van der Waals surface area contributed by atoms with Gasteiger partial charge in [0.15, 0.2) is 0 Å². The fourth-order valence-electron chi connectivity index (χ4n) is 4.80. The molecule has 3 aromatic heterocycles. The van der Waals surface area contributed by atoms with Crippen LogP contribution in [0.4, 0.5) is 23.0 Å². The zero-order chi connectivity index (χ0) is 31.2. The number of amides is 1. The zero-order valence-electron chi connectivity index (χ0n) is 25.3. The zero-order valence-corrected chi connectivity index (χ0v) is 25.3. The molecule has 0 aliphatic rings. The van der Waals surface area contributed by atoms with E-state index in [9.17, 15) is 10.1 Å². The number of carbonyl (C=O) groups is 1. The number of nitriles is 1. The molecular formula is C32H34N10O2. The lowest BCUT2D eigenvalue weighted by molar-refractivity contribution is -0.112. The summed E-state index contributed by atoms with van der Waals surface area (Å²) in [6.07, 6.45) is 6.75. The van der Waals surface area contributed by atoms with Gasteiger partial charge in [0.05, 0.1) is 35.6 Å². The summed E-state index contributed by atoms with van der Waals surface area (Å²) in [7, 11) is 9.51. The molecule has 12 heteroatoms. The van der Waals surface area contributed by atoms with Crippen LogP contribution in [-0.2, 0) is 11.8 Å². The molecular weight excluding hydrogens is 556 g/mol. The normalized spacial score (nSPS) is 11.4. The number of hydrogen-bond donors (Lipinski definition) is 3. The highest BCUT2D eigenvalue weighted by atomic mass is 16.5. The molecule has 3 heterocycles. The molecule has 12 nitrogen and oxygen atoms in total. The molecule has 1 amide bonds. The molecule has 5 rings (SSSR count). The van der Waals surface area contributed by atoms with Gasteiger partial charge in [-0.05, 0) is 44.4 Å². The molecule has 0 bridgehead atoms. The molecule has 0 fully saturated rings. The smallest absolute Gasteiger partial charge is 0.266 e. The van der Waals surface area contributed by atoms with Crippen molar-refractivity contribution < 1.29 is 9.53 Å². The number of rotatable bonds is 11. The van der Waals surface area contributed by atoms with Crippen molar-refractivity contribution >= 4 is 45.9 Å². The Hall–Kier alpha value is -5.67. The number of para-hydroxylation sites is 1. The highest BCUT2D eigenvalue weighted by Crippen LogP contribution is 2.38. The number of anilines is 4. The molecule has 0 atom stereocenters. The van der Waals surface area contributed by atoms with Gasteiger partial charge in [0.1, 0.15) is 17.4 Å². The summed E-state index contributed by atoms with van der Waals surface area (Å²) < 4.78 is 7.83. The summed E-state index contributed by atoms with van der Waals surface area (Å²) in [5, 5.41) is 23.6. The topological polar surface area (TPSA) is 140 Å². The number of fused-ring (bicyclic) bond motifs is 1. The molecule has 0 aliphatic carbocycles. The molecule has 0 aliphatic heterocycles. The van der Waals surface area contributed by atoms with Gasteiger partial charge in [0, 0.05) is 68.3 Å². The fourth-order valence-corrected chi connectivity index (χ4v) is 4.80. The molecule has 0 spiro atoms. The van der Waals surface area contributed by atoms with Gasteiger partial charge in [0.2, 0.25) is 5.95 Å². The van der Waals surface area contributed by atoms with Crippen molar-refractivity contribution in [2.45, 2.75) is 0 Å². The van der Waals surface area contributed by atoms with Crippen LogP contribution in [-0.4, -0.2) is 76.9 Å². The van der Waals surface area contributed by atoms with Gasteiger partial charge in [-0.15, -0.1) is 0 Å². The van der Waals surface area contributed by atoms with E-state index in [0.717, 1.165) is 28.7 Å². The summed E-state index contributed by atoms with van der Waals surface area (Å²) in [5.41, 5.74) is 5.05. The SMILES string of the molecule is COc1cc(N(C)CCN(C)C)c(NC(=O)C(C#N)=Cc2ccn[nH]2)cc1Nc1nccc(-c2cn(C)c3ccccc23)n1. The Morgan fingerprint density at radius 2 is 1.93 bits per heavy atom. The molecule has 0 saturated heterocycles. The van der Waals surface area contributed by atoms with E-state index in [2.05, 4.69) is 47.4 Å². The number of likely N-dealkylation sites (N-methyl/N-ethyl adjacent to an activating group) is 2. The van der Waals surface area contributed by atoms with Crippen molar-refractivity contribution in [1.82, 2.24) is 29.6 Å². The molecule has 2 aromatic carbocycles. The van der Waals surface area contributed by atoms with Crippen LogP contribution in [0.3, 0.4) is 0 Å². The first-order valence-corrected chi connectivity index (χ1v) is 13.9. The second-order valence-corrected chi connectivity index (χ2v) is 10.5. The quantitative estimate of drug-likeness (QED) is 0.148. The molecule has 224 valence electrons. The summed E-state index contributed by atoms with van der Waals surface area (Å²) >= 11 is 0. The van der Waals surface area contributed by atoms with Crippen molar-refractivity contribution in [2.75, 3.05) is 56.9 Å². The minimum atomic E-state index is -0.560. The van der Waals surface area contributed by atoms with Crippen LogP contribution in [0.1, 0.15) is 5.69 Å². The third-order valence-electron chi connectivity index (χ3n) is 7.12. The van der Waals surface area contributed by atoms with E-state index >= 15 is 0 Å². The van der Waals surface area contributed by atoms with Crippen molar-refractivity contribution in [2.24, 2.45) is 7.05 Å². The van der Waals surface area contributed by atoms with Gasteiger partial charge in [-0.25, -0.2) is 9.97 Å². The number of carbonyl (C=O) groups excluding carboxylic acids is 1. The van der Waals surface area contributed by atoms with Crippen LogP contribution in [0, 0.1) is 11.3 Å². The van der Waals surface area contributed by atoms with Gasteiger partial charge in [-0.1, -0.05) is 18.2 Å². The number of aryl methyl sites for hydroxylation is 1. The Balaban J connectivity index is 1.51. The van der Waals surface area contributed by atoms with Gasteiger partial charge in [-0.3, -0.25) is 9.89 Å². The Labute approximate surface area is 255 Å². The van der Waals surface area contributed by atoms with Crippen molar-refractivity contribution in [3.05, 3.63) is 78.4 Å². The number of aromatic amines is 1. The highest BCUT2D eigenvalue weighted by molar-refractivity contribution is 6.11. The summed E-state index contributed by atoms with van der Waals surface area (Å²) in [6.45, 7) is 1.46. The molecule has 0 unspecified atom stereocenters. The Morgan fingerprint density at radius 1 is 1.11 bits per heavy atom. The summed E-state index contributed by atoms with van der Waals surface area (Å²) in [6, 6.07) is 17.3. The Bertz CT molecular complexity index is 1850. The second-order valence-electron chi connectivity index (χ2n) is 10.5. The third-order valence-corrected chi connectivity index (χ3v) is 7.12. The number of H-pyrrole nitrogens is 1. The lowest BCUT2D eigenvalue weighted by Gasteiger charge is -2.26. The van der Waals surface area contributed by atoms with Gasteiger partial charge in [0.25, 0.3) is 5.91 Å². The van der Waals surface area contributed by atoms with E-state index in [1.165, 1.54) is 6.08 Å². The van der Waals surface area contributed by atoms with E-state index in [4.69, 9.17) is 9.72 Å². The van der Waals surface area contributed by atoms with E-state index < -0.39 is 5.91 Å². The number of benzene rings is 2. The number of nitrogens with zero attached hydrogens (tertiary/aromatic N) is 7. The number of hydrogen-bond acceptors (Lipinski definition) is 9. The van der Waals surface area contributed by atoms with Crippen LogP contribution in [0.2, 0.25) is 0 Å². The van der Waals surface area contributed by atoms with Gasteiger partial charge < -0.3 is 29.7 Å². The minimum absolute atomic E-state index is 0.0763. The van der Waals surface area contributed by atoms with E-state index in [1.807, 2.05) is 69.6 Å². The van der Waals surface area contributed by atoms with E-state index in [0.29, 0.717) is 41.0 Å². The lowest BCUT2D eigenvalue weighted by atomic mass is 10.1. The van der Waals surface area contributed by atoms with Crippen molar-refractivity contribution in [1.29, 1.82) is 5.26 Å². The van der Waals surface area contributed by atoms with Gasteiger partial charge in [-0.2, -0.15) is 10.4 Å².